The highest BCUT2D eigenvalue weighted by Crippen LogP contribution is 2.33. The molecule has 0 aliphatic heterocycles. The van der Waals surface area contributed by atoms with E-state index < -0.39 is 15.1 Å². The highest BCUT2D eigenvalue weighted by atomic mass is 79.9. The van der Waals surface area contributed by atoms with E-state index in [1.54, 1.807) is 14.0 Å². The number of hydrogen-bond donors (Lipinski definition) is 1. The molecule has 21 heavy (non-hydrogen) atoms. The first-order valence-electron chi connectivity index (χ1n) is 6.34. The minimum Gasteiger partial charge on any atom is -0.372 e. The van der Waals surface area contributed by atoms with Gasteiger partial charge in [-0.25, -0.2) is 18.4 Å². The van der Waals surface area contributed by atoms with Crippen molar-refractivity contribution in [1.29, 1.82) is 0 Å². The number of rotatable bonds is 4. The summed E-state index contributed by atoms with van der Waals surface area (Å²) in [6.07, 6.45) is 1.18. The SMILES string of the molecule is CNc1nc(C(C)S(C)(=O)=O)nc(-c2ccccc2)c1Br. The fourth-order valence-electron chi connectivity index (χ4n) is 1.79. The zero-order valence-electron chi connectivity index (χ0n) is 12.0. The van der Waals surface area contributed by atoms with Crippen LogP contribution >= 0.6 is 15.9 Å². The molecule has 7 heteroatoms. The van der Waals surface area contributed by atoms with Crippen LogP contribution < -0.4 is 5.32 Å². The van der Waals surface area contributed by atoms with Gasteiger partial charge < -0.3 is 5.32 Å². The Morgan fingerprint density at radius 3 is 2.33 bits per heavy atom. The molecule has 0 radical (unpaired) electrons. The highest BCUT2D eigenvalue weighted by molar-refractivity contribution is 9.10. The second-order valence-electron chi connectivity index (χ2n) is 4.68. The predicted molar refractivity (Wildman–Crippen MR) is 88.0 cm³/mol. The molecule has 1 N–H and O–H groups in total. The Kier molecular flexibility index (Phi) is 4.63. The first-order valence-corrected chi connectivity index (χ1v) is 9.08. The third-order valence-corrected chi connectivity index (χ3v) is 5.40. The van der Waals surface area contributed by atoms with Crippen LogP contribution in [0.4, 0.5) is 5.82 Å². The summed E-state index contributed by atoms with van der Waals surface area (Å²) >= 11 is 3.47. The number of aromatic nitrogens is 2. The first-order chi connectivity index (χ1) is 9.84. The number of anilines is 1. The quantitative estimate of drug-likeness (QED) is 0.896. The molecule has 0 fully saturated rings. The van der Waals surface area contributed by atoms with Gasteiger partial charge in [-0.05, 0) is 22.9 Å². The van der Waals surface area contributed by atoms with E-state index in [-0.39, 0.29) is 5.82 Å². The number of benzene rings is 1. The zero-order valence-corrected chi connectivity index (χ0v) is 14.4. The Morgan fingerprint density at radius 1 is 1.19 bits per heavy atom. The molecule has 0 amide bonds. The summed E-state index contributed by atoms with van der Waals surface area (Å²) in [6, 6.07) is 9.56. The lowest BCUT2D eigenvalue weighted by molar-refractivity contribution is 0.589. The van der Waals surface area contributed by atoms with Crippen LogP contribution in [0.15, 0.2) is 34.8 Å². The zero-order chi connectivity index (χ0) is 15.6. The van der Waals surface area contributed by atoms with Gasteiger partial charge in [0.1, 0.15) is 16.9 Å². The molecule has 0 aliphatic carbocycles. The van der Waals surface area contributed by atoms with Crippen LogP contribution in [0.5, 0.6) is 0 Å². The van der Waals surface area contributed by atoms with Crippen molar-refractivity contribution in [2.45, 2.75) is 12.2 Å². The monoisotopic (exact) mass is 369 g/mol. The summed E-state index contributed by atoms with van der Waals surface area (Å²) < 4.78 is 24.2. The van der Waals surface area contributed by atoms with Crippen molar-refractivity contribution in [3.05, 3.63) is 40.6 Å². The van der Waals surface area contributed by atoms with Crippen LogP contribution in [0.3, 0.4) is 0 Å². The molecule has 1 aromatic carbocycles. The Labute approximate surface area is 132 Å². The van der Waals surface area contributed by atoms with E-state index >= 15 is 0 Å². The summed E-state index contributed by atoms with van der Waals surface area (Å²) in [5.74, 6) is 0.846. The van der Waals surface area contributed by atoms with Gasteiger partial charge in [-0.1, -0.05) is 30.3 Å². The molecule has 1 atom stereocenters. The van der Waals surface area contributed by atoms with Gasteiger partial charge in [-0.15, -0.1) is 0 Å². The Hall–Kier alpha value is -1.47. The number of hydrogen-bond acceptors (Lipinski definition) is 5. The second kappa shape index (κ2) is 6.11. The molecule has 1 aromatic heterocycles. The van der Waals surface area contributed by atoms with E-state index in [0.717, 1.165) is 5.56 Å². The number of nitrogens with zero attached hydrogens (tertiary/aromatic N) is 2. The van der Waals surface area contributed by atoms with Crippen molar-refractivity contribution in [2.75, 3.05) is 18.6 Å². The van der Waals surface area contributed by atoms with Gasteiger partial charge >= 0.3 is 0 Å². The molecular weight excluding hydrogens is 354 g/mol. The third kappa shape index (κ3) is 3.41. The molecule has 1 heterocycles. The van der Waals surface area contributed by atoms with E-state index in [2.05, 4.69) is 31.2 Å². The van der Waals surface area contributed by atoms with Crippen molar-refractivity contribution in [3.8, 4) is 11.3 Å². The number of halogens is 1. The van der Waals surface area contributed by atoms with Crippen molar-refractivity contribution in [1.82, 2.24) is 9.97 Å². The predicted octanol–water partition coefficient (Wildman–Crippen LogP) is 3.05. The molecule has 0 saturated heterocycles. The average Bonchev–Trinajstić information content (AvgIpc) is 2.46. The molecule has 0 aliphatic rings. The Morgan fingerprint density at radius 2 is 1.81 bits per heavy atom. The summed E-state index contributed by atoms with van der Waals surface area (Å²) in [4.78, 5) is 8.74. The van der Waals surface area contributed by atoms with E-state index in [1.165, 1.54) is 6.26 Å². The molecule has 2 aromatic rings. The van der Waals surface area contributed by atoms with Crippen molar-refractivity contribution in [3.63, 3.8) is 0 Å². The van der Waals surface area contributed by atoms with Crippen LogP contribution in [0, 0.1) is 0 Å². The molecule has 0 bridgehead atoms. The smallest absolute Gasteiger partial charge is 0.157 e. The lowest BCUT2D eigenvalue weighted by Crippen LogP contribution is -2.13. The topological polar surface area (TPSA) is 72.0 Å². The Balaban J connectivity index is 2.66. The maximum Gasteiger partial charge on any atom is 0.157 e. The molecule has 112 valence electrons. The molecule has 2 rings (SSSR count). The van der Waals surface area contributed by atoms with Crippen LogP contribution in [0.2, 0.25) is 0 Å². The fraction of sp³-hybridized carbons (Fsp3) is 0.286. The van der Waals surface area contributed by atoms with Crippen LogP contribution in [-0.2, 0) is 9.84 Å². The summed E-state index contributed by atoms with van der Waals surface area (Å²) in [5, 5.41) is 2.20. The van der Waals surface area contributed by atoms with Gasteiger partial charge in [0.2, 0.25) is 0 Å². The maximum atomic E-state index is 11.8. The van der Waals surface area contributed by atoms with Crippen molar-refractivity contribution < 1.29 is 8.42 Å². The van der Waals surface area contributed by atoms with Crippen molar-refractivity contribution in [2.24, 2.45) is 0 Å². The van der Waals surface area contributed by atoms with E-state index in [9.17, 15) is 8.42 Å². The lowest BCUT2D eigenvalue weighted by Gasteiger charge is -2.14. The normalized spacial score (nSPS) is 13.0. The van der Waals surface area contributed by atoms with Gasteiger partial charge in [0.05, 0.1) is 10.2 Å². The summed E-state index contributed by atoms with van der Waals surface area (Å²) in [6.45, 7) is 1.59. The molecule has 1 unspecified atom stereocenters. The highest BCUT2D eigenvalue weighted by Gasteiger charge is 2.23. The standard InChI is InChI=1S/C14H16BrN3O2S/c1-9(21(3,19)20)13-17-12(10-7-5-4-6-8-10)11(15)14(16-2)18-13/h4-9H,1-3H3,(H,16,17,18). The average molecular weight is 370 g/mol. The van der Waals surface area contributed by atoms with Gasteiger partial charge in [0, 0.05) is 18.9 Å². The van der Waals surface area contributed by atoms with Crippen LogP contribution in [-0.4, -0.2) is 31.7 Å². The van der Waals surface area contributed by atoms with Gasteiger partial charge in [-0.2, -0.15) is 0 Å². The number of sulfone groups is 1. The van der Waals surface area contributed by atoms with E-state index in [1.807, 2.05) is 30.3 Å². The fourth-order valence-corrected chi connectivity index (χ4v) is 2.88. The minimum absolute atomic E-state index is 0.281. The van der Waals surface area contributed by atoms with E-state index in [0.29, 0.717) is 16.0 Å². The second-order valence-corrected chi connectivity index (χ2v) is 7.84. The molecular formula is C14H16BrN3O2S. The third-order valence-electron chi connectivity index (χ3n) is 3.16. The van der Waals surface area contributed by atoms with E-state index in [4.69, 9.17) is 0 Å². The lowest BCUT2D eigenvalue weighted by atomic mass is 10.1. The van der Waals surface area contributed by atoms with Gasteiger partial charge in [0.25, 0.3) is 0 Å². The molecule has 0 saturated carbocycles. The maximum absolute atomic E-state index is 11.8. The Bertz CT molecular complexity index is 748. The summed E-state index contributed by atoms with van der Waals surface area (Å²) in [5.41, 5.74) is 1.56. The van der Waals surface area contributed by atoms with Crippen molar-refractivity contribution >= 4 is 31.6 Å². The van der Waals surface area contributed by atoms with Gasteiger partial charge in [-0.3, -0.25) is 0 Å². The minimum atomic E-state index is -3.26. The first kappa shape index (κ1) is 15.9. The molecule has 5 nitrogen and oxygen atoms in total. The van der Waals surface area contributed by atoms with Gasteiger partial charge in [0.15, 0.2) is 9.84 Å². The molecule has 0 spiro atoms. The van der Waals surface area contributed by atoms with Crippen LogP contribution in [0.25, 0.3) is 11.3 Å². The van der Waals surface area contributed by atoms with Crippen LogP contribution in [0.1, 0.15) is 18.0 Å². The largest absolute Gasteiger partial charge is 0.372 e. The summed E-state index contributed by atoms with van der Waals surface area (Å²) in [7, 11) is -1.53. The number of nitrogens with one attached hydrogen (secondary N) is 1.